The molecule has 1 saturated heterocycles. The second-order valence-corrected chi connectivity index (χ2v) is 4.52. The van der Waals surface area contributed by atoms with E-state index < -0.39 is 41.9 Å². The van der Waals surface area contributed by atoms with Crippen LogP contribution in [0, 0.1) is 0 Å². The number of aromatic amines is 1. The van der Waals surface area contributed by atoms with Gasteiger partial charge in [-0.3, -0.25) is 14.3 Å². The minimum atomic E-state index is -1.71. The first-order valence-electron chi connectivity index (χ1n) is 5.92. The van der Waals surface area contributed by atoms with E-state index in [9.17, 15) is 19.8 Å². The van der Waals surface area contributed by atoms with Gasteiger partial charge in [0, 0.05) is 12.3 Å². The van der Waals surface area contributed by atoms with Gasteiger partial charge < -0.3 is 20.1 Å². The molecule has 0 aliphatic carbocycles. The molecule has 4 atom stereocenters. The Morgan fingerprint density at radius 1 is 1.53 bits per heavy atom. The maximum Gasteiger partial charge on any atom is 0.330 e. The second-order valence-electron chi connectivity index (χ2n) is 4.52. The quantitative estimate of drug-likeness (QED) is 0.501. The zero-order chi connectivity index (χ0) is 14.2. The number of rotatable bonds is 3. The van der Waals surface area contributed by atoms with E-state index in [0.717, 1.165) is 10.6 Å². The Hall–Kier alpha value is -1.48. The van der Waals surface area contributed by atoms with Gasteiger partial charge in [0.2, 0.25) is 0 Å². The normalized spacial score (nSPS) is 34.6. The SMILES string of the molecule is CC[C@]1(O)C(O)[C@@H](CO)O[C@H]1n1ccc(=O)[nH]c1=O. The van der Waals surface area contributed by atoms with E-state index in [4.69, 9.17) is 9.84 Å². The summed E-state index contributed by atoms with van der Waals surface area (Å²) in [6.07, 6.45) is -2.20. The molecule has 0 bridgehead atoms. The van der Waals surface area contributed by atoms with Crippen LogP contribution in [-0.4, -0.2) is 49.3 Å². The lowest BCUT2D eigenvalue weighted by Crippen LogP contribution is -2.48. The van der Waals surface area contributed by atoms with E-state index in [1.807, 2.05) is 4.98 Å². The average molecular weight is 272 g/mol. The van der Waals surface area contributed by atoms with Crippen LogP contribution in [0.15, 0.2) is 21.9 Å². The molecule has 4 N–H and O–H groups in total. The summed E-state index contributed by atoms with van der Waals surface area (Å²) in [5.41, 5.74) is -3.04. The van der Waals surface area contributed by atoms with Crippen LogP contribution in [0.5, 0.6) is 0 Å². The molecule has 0 spiro atoms. The summed E-state index contributed by atoms with van der Waals surface area (Å²) >= 11 is 0. The van der Waals surface area contributed by atoms with Gasteiger partial charge in [-0.05, 0) is 6.42 Å². The molecule has 1 aromatic heterocycles. The Balaban J connectivity index is 2.48. The maximum absolute atomic E-state index is 11.7. The van der Waals surface area contributed by atoms with Gasteiger partial charge in [-0.15, -0.1) is 0 Å². The van der Waals surface area contributed by atoms with Crippen molar-refractivity contribution >= 4 is 0 Å². The van der Waals surface area contributed by atoms with Gasteiger partial charge >= 0.3 is 5.69 Å². The smallest absolute Gasteiger partial charge is 0.330 e. The number of nitrogens with zero attached hydrogens (tertiary/aromatic N) is 1. The van der Waals surface area contributed by atoms with Crippen LogP contribution in [0.3, 0.4) is 0 Å². The Labute approximate surface area is 107 Å². The first-order chi connectivity index (χ1) is 8.93. The average Bonchev–Trinajstić information content (AvgIpc) is 2.63. The fourth-order valence-corrected chi connectivity index (χ4v) is 2.27. The largest absolute Gasteiger partial charge is 0.394 e. The predicted molar refractivity (Wildman–Crippen MR) is 63.6 cm³/mol. The van der Waals surface area contributed by atoms with Crippen LogP contribution in [-0.2, 0) is 4.74 Å². The lowest BCUT2D eigenvalue weighted by Gasteiger charge is -2.30. The molecule has 1 fully saturated rings. The van der Waals surface area contributed by atoms with Crippen molar-refractivity contribution in [2.45, 2.75) is 37.4 Å². The minimum Gasteiger partial charge on any atom is -0.394 e. The van der Waals surface area contributed by atoms with Crippen LogP contribution in [0.25, 0.3) is 0 Å². The third-order valence-corrected chi connectivity index (χ3v) is 3.45. The van der Waals surface area contributed by atoms with Gasteiger partial charge in [0.25, 0.3) is 5.56 Å². The molecule has 1 aromatic rings. The lowest BCUT2D eigenvalue weighted by molar-refractivity contribution is -0.112. The minimum absolute atomic E-state index is 0.112. The van der Waals surface area contributed by atoms with E-state index in [1.165, 1.54) is 6.20 Å². The molecule has 1 unspecified atom stereocenters. The summed E-state index contributed by atoms with van der Waals surface area (Å²) < 4.78 is 6.32. The van der Waals surface area contributed by atoms with E-state index in [2.05, 4.69) is 0 Å². The van der Waals surface area contributed by atoms with Crippen molar-refractivity contribution in [2.24, 2.45) is 0 Å². The monoisotopic (exact) mass is 272 g/mol. The molecule has 2 rings (SSSR count). The summed E-state index contributed by atoms with van der Waals surface area (Å²) in [4.78, 5) is 24.8. The predicted octanol–water partition coefficient (Wildman–Crippen LogP) is -2.07. The number of nitrogens with one attached hydrogen (secondary N) is 1. The highest BCUT2D eigenvalue weighted by Gasteiger charge is 2.55. The van der Waals surface area contributed by atoms with E-state index in [0.29, 0.717) is 0 Å². The molecule has 1 aliphatic rings. The van der Waals surface area contributed by atoms with Crippen LogP contribution in [0.2, 0.25) is 0 Å². The van der Waals surface area contributed by atoms with Crippen LogP contribution in [0.4, 0.5) is 0 Å². The molecule has 0 radical (unpaired) electrons. The van der Waals surface area contributed by atoms with Gasteiger partial charge in [0.15, 0.2) is 6.23 Å². The first kappa shape index (κ1) is 13.9. The summed E-state index contributed by atoms with van der Waals surface area (Å²) in [6.45, 7) is 1.13. The molecule has 1 aliphatic heterocycles. The van der Waals surface area contributed by atoms with Crippen molar-refractivity contribution in [1.82, 2.24) is 9.55 Å². The number of hydrogen-bond acceptors (Lipinski definition) is 6. The Morgan fingerprint density at radius 3 is 2.74 bits per heavy atom. The molecule has 2 heterocycles. The Kier molecular flexibility index (Phi) is 3.59. The van der Waals surface area contributed by atoms with Gasteiger partial charge in [0.1, 0.15) is 17.8 Å². The summed E-state index contributed by atoms with van der Waals surface area (Å²) in [7, 11) is 0. The van der Waals surface area contributed by atoms with Crippen molar-refractivity contribution < 1.29 is 20.1 Å². The molecule has 106 valence electrons. The van der Waals surface area contributed by atoms with Crippen molar-refractivity contribution in [3.8, 4) is 0 Å². The summed E-state index contributed by atoms with van der Waals surface area (Å²) in [5, 5.41) is 29.5. The highest BCUT2D eigenvalue weighted by atomic mass is 16.6. The van der Waals surface area contributed by atoms with Gasteiger partial charge in [-0.25, -0.2) is 4.79 Å². The second kappa shape index (κ2) is 4.89. The highest BCUT2D eigenvalue weighted by Crippen LogP contribution is 2.39. The van der Waals surface area contributed by atoms with E-state index >= 15 is 0 Å². The van der Waals surface area contributed by atoms with Crippen molar-refractivity contribution in [2.75, 3.05) is 6.61 Å². The van der Waals surface area contributed by atoms with Gasteiger partial charge in [-0.2, -0.15) is 0 Å². The molecular weight excluding hydrogens is 256 g/mol. The summed E-state index contributed by atoms with van der Waals surface area (Å²) in [5.74, 6) is 0. The first-order valence-corrected chi connectivity index (χ1v) is 5.92. The van der Waals surface area contributed by atoms with Gasteiger partial charge in [0.05, 0.1) is 6.61 Å². The fraction of sp³-hybridized carbons (Fsp3) is 0.636. The number of aliphatic hydroxyl groups excluding tert-OH is 2. The van der Waals surface area contributed by atoms with Crippen LogP contribution in [0.1, 0.15) is 19.6 Å². The lowest BCUT2D eigenvalue weighted by atomic mass is 9.91. The zero-order valence-corrected chi connectivity index (χ0v) is 10.3. The van der Waals surface area contributed by atoms with E-state index in [-0.39, 0.29) is 6.42 Å². The van der Waals surface area contributed by atoms with Crippen LogP contribution < -0.4 is 11.2 Å². The van der Waals surface area contributed by atoms with Crippen molar-refractivity contribution in [3.05, 3.63) is 33.1 Å². The summed E-state index contributed by atoms with van der Waals surface area (Å²) in [6, 6.07) is 1.11. The van der Waals surface area contributed by atoms with Crippen molar-refractivity contribution in [1.29, 1.82) is 0 Å². The third-order valence-electron chi connectivity index (χ3n) is 3.45. The Morgan fingerprint density at radius 2 is 2.21 bits per heavy atom. The molecule has 0 amide bonds. The van der Waals surface area contributed by atoms with E-state index in [1.54, 1.807) is 6.92 Å². The zero-order valence-electron chi connectivity index (χ0n) is 10.3. The number of H-pyrrole nitrogens is 1. The molecule has 8 heteroatoms. The fourth-order valence-electron chi connectivity index (χ4n) is 2.27. The number of aromatic nitrogens is 2. The molecule has 0 aromatic carbocycles. The number of ether oxygens (including phenoxy) is 1. The number of aliphatic hydroxyl groups is 3. The topological polar surface area (TPSA) is 125 Å². The Bertz CT molecular complexity index is 567. The van der Waals surface area contributed by atoms with Crippen LogP contribution >= 0.6 is 0 Å². The van der Waals surface area contributed by atoms with Gasteiger partial charge in [-0.1, -0.05) is 6.92 Å². The molecule has 0 saturated carbocycles. The molecule has 8 nitrogen and oxygen atoms in total. The molecule has 19 heavy (non-hydrogen) atoms. The molecular formula is C11H16N2O6. The van der Waals surface area contributed by atoms with Crippen molar-refractivity contribution in [3.63, 3.8) is 0 Å². The number of hydrogen-bond donors (Lipinski definition) is 4. The standard InChI is InChI=1S/C11H16N2O6/c1-2-11(18)8(16)6(5-14)19-9(11)13-4-3-7(15)12-10(13)17/h3-4,6,8-9,14,16,18H,2,5H2,1H3,(H,12,15,17)/t6-,8?,9-,11+/m1/s1. The highest BCUT2D eigenvalue weighted by molar-refractivity contribution is 5.02. The third kappa shape index (κ3) is 2.12. The maximum atomic E-state index is 11.7.